The van der Waals surface area contributed by atoms with E-state index in [2.05, 4.69) is 17.2 Å². The molecule has 0 amide bonds. The fourth-order valence-corrected chi connectivity index (χ4v) is 1.47. The van der Waals surface area contributed by atoms with E-state index in [1.165, 1.54) is 12.1 Å². The quantitative estimate of drug-likeness (QED) is 0.880. The van der Waals surface area contributed by atoms with Crippen molar-refractivity contribution in [2.24, 2.45) is 0 Å². The van der Waals surface area contributed by atoms with Crippen LogP contribution in [0.15, 0.2) is 42.6 Å². The number of aromatic nitrogens is 1. The first kappa shape index (κ1) is 12.5. The predicted molar refractivity (Wildman–Crippen MR) is 68.1 cm³/mol. The van der Waals surface area contributed by atoms with Gasteiger partial charge in [0, 0.05) is 18.8 Å². The number of nitrogens with one attached hydrogen (secondary N) is 1. The Balaban J connectivity index is 1.99. The van der Waals surface area contributed by atoms with E-state index in [0.29, 0.717) is 11.6 Å². The molecule has 0 aliphatic rings. The van der Waals surface area contributed by atoms with Crippen molar-refractivity contribution in [1.82, 2.24) is 10.3 Å². The van der Waals surface area contributed by atoms with Crippen LogP contribution in [0.5, 0.6) is 11.6 Å². The molecule has 0 aliphatic carbocycles. The zero-order valence-corrected chi connectivity index (χ0v) is 10.2. The normalized spacial score (nSPS) is 10.3. The molecule has 0 bridgehead atoms. The number of pyridine rings is 1. The molecule has 0 aliphatic heterocycles. The minimum atomic E-state index is -0.281. The fourth-order valence-electron chi connectivity index (χ4n) is 1.47. The van der Waals surface area contributed by atoms with Crippen molar-refractivity contribution >= 4 is 0 Å². The van der Waals surface area contributed by atoms with Crippen LogP contribution in [0.2, 0.25) is 0 Å². The highest BCUT2D eigenvalue weighted by Gasteiger charge is 1.99. The molecule has 2 aromatic rings. The maximum atomic E-state index is 12.7. The molecule has 1 aromatic heterocycles. The van der Waals surface area contributed by atoms with Gasteiger partial charge in [-0.1, -0.05) is 13.0 Å². The molecule has 94 valence electrons. The molecular weight excluding hydrogens is 231 g/mol. The van der Waals surface area contributed by atoms with Crippen LogP contribution in [0, 0.1) is 5.82 Å². The van der Waals surface area contributed by atoms with Crippen LogP contribution in [0.1, 0.15) is 12.5 Å². The number of rotatable bonds is 5. The summed E-state index contributed by atoms with van der Waals surface area (Å²) in [5.74, 6) is 0.793. The van der Waals surface area contributed by atoms with Gasteiger partial charge in [0.25, 0.3) is 0 Å². The van der Waals surface area contributed by atoms with Crippen molar-refractivity contribution in [3.05, 3.63) is 54.0 Å². The second kappa shape index (κ2) is 6.12. The molecule has 2 rings (SSSR count). The third kappa shape index (κ3) is 3.53. The molecule has 0 saturated heterocycles. The van der Waals surface area contributed by atoms with E-state index in [-0.39, 0.29) is 5.82 Å². The van der Waals surface area contributed by atoms with Crippen LogP contribution < -0.4 is 10.1 Å². The highest BCUT2D eigenvalue weighted by Crippen LogP contribution is 2.19. The van der Waals surface area contributed by atoms with Crippen molar-refractivity contribution in [3.63, 3.8) is 0 Å². The Hall–Kier alpha value is -1.94. The van der Waals surface area contributed by atoms with E-state index in [4.69, 9.17) is 4.74 Å². The van der Waals surface area contributed by atoms with E-state index < -0.39 is 0 Å². The molecule has 0 radical (unpaired) electrons. The summed E-state index contributed by atoms with van der Waals surface area (Å²) in [6.07, 6.45) is 1.77. The van der Waals surface area contributed by atoms with Gasteiger partial charge < -0.3 is 10.1 Å². The number of benzene rings is 1. The lowest BCUT2D eigenvalue weighted by Gasteiger charge is -2.06. The zero-order valence-electron chi connectivity index (χ0n) is 10.2. The monoisotopic (exact) mass is 246 g/mol. The van der Waals surface area contributed by atoms with Gasteiger partial charge in [-0.3, -0.25) is 0 Å². The number of hydrogen-bond acceptors (Lipinski definition) is 3. The van der Waals surface area contributed by atoms with Crippen molar-refractivity contribution in [3.8, 4) is 11.6 Å². The van der Waals surface area contributed by atoms with Gasteiger partial charge >= 0.3 is 0 Å². The summed E-state index contributed by atoms with van der Waals surface area (Å²) in [5, 5.41) is 3.22. The number of nitrogens with zero attached hydrogens (tertiary/aromatic N) is 1. The zero-order chi connectivity index (χ0) is 12.8. The Morgan fingerprint density at radius 2 is 1.94 bits per heavy atom. The summed E-state index contributed by atoms with van der Waals surface area (Å²) in [6, 6.07) is 9.61. The lowest BCUT2D eigenvalue weighted by atomic mass is 10.3. The van der Waals surface area contributed by atoms with Gasteiger partial charge in [-0.05, 0) is 36.4 Å². The lowest BCUT2D eigenvalue weighted by molar-refractivity contribution is 0.460. The summed E-state index contributed by atoms with van der Waals surface area (Å²) >= 11 is 0. The molecule has 1 heterocycles. The summed E-state index contributed by atoms with van der Waals surface area (Å²) in [4.78, 5) is 4.19. The number of hydrogen-bond donors (Lipinski definition) is 1. The third-order valence-corrected chi connectivity index (χ3v) is 2.41. The molecule has 1 aromatic carbocycles. The van der Waals surface area contributed by atoms with Gasteiger partial charge in [-0.15, -0.1) is 0 Å². The molecule has 3 nitrogen and oxygen atoms in total. The first-order valence-corrected chi connectivity index (χ1v) is 5.87. The highest BCUT2D eigenvalue weighted by molar-refractivity contribution is 5.28. The summed E-state index contributed by atoms with van der Waals surface area (Å²) in [7, 11) is 0. The van der Waals surface area contributed by atoms with E-state index in [0.717, 1.165) is 18.7 Å². The molecule has 0 saturated carbocycles. The molecule has 0 unspecified atom stereocenters. The minimum absolute atomic E-state index is 0.281. The molecule has 4 heteroatoms. The van der Waals surface area contributed by atoms with Gasteiger partial charge in [0.15, 0.2) is 0 Å². The molecule has 0 atom stereocenters. The first-order valence-electron chi connectivity index (χ1n) is 5.87. The maximum Gasteiger partial charge on any atom is 0.219 e. The Kier molecular flexibility index (Phi) is 4.25. The van der Waals surface area contributed by atoms with Crippen LogP contribution >= 0.6 is 0 Å². The third-order valence-electron chi connectivity index (χ3n) is 2.41. The maximum absolute atomic E-state index is 12.7. The van der Waals surface area contributed by atoms with E-state index >= 15 is 0 Å². The summed E-state index contributed by atoms with van der Waals surface area (Å²) in [5.41, 5.74) is 1.10. The van der Waals surface area contributed by atoms with Gasteiger partial charge in [0.05, 0.1) is 0 Å². The minimum Gasteiger partial charge on any atom is -0.439 e. The van der Waals surface area contributed by atoms with Crippen molar-refractivity contribution < 1.29 is 9.13 Å². The second-order valence-corrected chi connectivity index (χ2v) is 3.84. The van der Waals surface area contributed by atoms with Crippen LogP contribution in [0.3, 0.4) is 0 Å². The van der Waals surface area contributed by atoms with E-state index in [9.17, 15) is 4.39 Å². The molecule has 18 heavy (non-hydrogen) atoms. The van der Waals surface area contributed by atoms with Gasteiger partial charge in [-0.25, -0.2) is 9.37 Å². The number of halogens is 1. The fraction of sp³-hybridized carbons (Fsp3) is 0.214. The largest absolute Gasteiger partial charge is 0.439 e. The highest BCUT2D eigenvalue weighted by atomic mass is 19.1. The van der Waals surface area contributed by atoms with Crippen molar-refractivity contribution in [2.75, 3.05) is 6.54 Å². The Morgan fingerprint density at radius 1 is 1.17 bits per heavy atom. The van der Waals surface area contributed by atoms with Crippen LogP contribution in [-0.2, 0) is 6.54 Å². The Labute approximate surface area is 106 Å². The van der Waals surface area contributed by atoms with E-state index in [1.54, 1.807) is 24.4 Å². The Bertz CT molecular complexity index is 482. The first-order chi connectivity index (χ1) is 8.78. The standard InChI is InChI=1S/C14H15FN2O/c1-2-16-9-11-3-8-14(17-10-11)18-13-6-4-12(15)5-7-13/h3-8,10,16H,2,9H2,1H3. The van der Waals surface area contributed by atoms with Gasteiger partial charge in [-0.2, -0.15) is 0 Å². The van der Waals surface area contributed by atoms with Gasteiger partial charge in [0.2, 0.25) is 5.88 Å². The van der Waals surface area contributed by atoms with Crippen molar-refractivity contribution in [1.29, 1.82) is 0 Å². The van der Waals surface area contributed by atoms with Crippen molar-refractivity contribution in [2.45, 2.75) is 13.5 Å². The summed E-state index contributed by atoms with van der Waals surface area (Å²) in [6.45, 7) is 3.77. The van der Waals surface area contributed by atoms with Gasteiger partial charge in [0.1, 0.15) is 11.6 Å². The second-order valence-electron chi connectivity index (χ2n) is 3.84. The molecule has 1 N–H and O–H groups in total. The molecule has 0 spiro atoms. The van der Waals surface area contributed by atoms with Crippen LogP contribution in [0.4, 0.5) is 4.39 Å². The average Bonchev–Trinajstić information content (AvgIpc) is 2.41. The SMILES string of the molecule is CCNCc1ccc(Oc2ccc(F)cc2)nc1. The number of ether oxygens (including phenoxy) is 1. The summed E-state index contributed by atoms with van der Waals surface area (Å²) < 4.78 is 18.2. The topological polar surface area (TPSA) is 34.1 Å². The van der Waals surface area contributed by atoms with Crippen LogP contribution in [0.25, 0.3) is 0 Å². The molecular formula is C14H15FN2O. The average molecular weight is 246 g/mol. The Morgan fingerprint density at radius 3 is 2.56 bits per heavy atom. The predicted octanol–water partition coefficient (Wildman–Crippen LogP) is 3.12. The van der Waals surface area contributed by atoms with Crippen LogP contribution in [-0.4, -0.2) is 11.5 Å². The smallest absolute Gasteiger partial charge is 0.219 e. The molecule has 0 fully saturated rings. The van der Waals surface area contributed by atoms with E-state index in [1.807, 2.05) is 6.07 Å². The lowest BCUT2D eigenvalue weighted by Crippen LogP contribution is -2.11.